The van der Waals surface area contributed by atoms with Crippen LogP contribution in [0.5, 0.6) is 0 Å². The number of nitrogens with zero attached hydrogens (tertiary/aromatic N) is 1. The molecule has 1 aromatic carbocycles. The molecule has 0 saturated heterocycles. The minimum atomic E-state index is -3.92. The van der Waals surface area contributed by atoms with Gasteiger partial charge in [-0.3, -0.25) is 0 Å². The minimum Gasteiger partial charge on any atom is -0.396 e. The van der Waals surface area contributed by atoms with Crippen molar-refractivity contribution in [3.63, 3.8) is 0 Å². The highest BCUT2D eigenvalue weighted by atomic mass is 32.2. The fourth-order valence-corrected chi connectivity index (χ4v) is 2.95. The van der Waals surface area contributed by atoms with Gasteiger partial charge in [0, 0.05) is 5.56 Å². The Balaban J connectivity index is 2.46. The van der Waals surface area contributed by atoms with E-state index in [9.17, 15) is 12.8 Å². The fourth-order valence-electron chi connectivity index (χ4n) is 1.65. The summed E-state index contributed by atoms with van der Waals surface area (Å²) >= 11 is 0. The first kappa shape index (κ1) is 14.3. The molecule has 2 rings (SSSR count). The van der Waals surface area contributed by atoms with Gasteiger partial charge in [-0.05, 0) is 38.5 Å². The Kier molecular flexibility index (Phi) is 3.43. The lowest BCUT2D eigenvalue weighted by Gasteiger charge is -2.10. The fraction of sp³-hybridized carbons (Fsp3) is 0.250. The van der Waals surface area contributed by atoms with Crippen LogP contribution in [0.3, 0.4) is 0 Å². The number of sulfonamides is 1. The molecule has 0 unspecified atom stereocenters. The Morgan fingerprint density at radius 1 is 1.30 bits per heavy atom. The van der Waals surface area contributed by atoms with E-state index >= 15 is 0 Å². The van der Waals surface area contributed by atoms with Crippen LogP contribution >= 0.6 is 0 Å². The molecule has 0 amide bonds. The number of rotatable bonds is 3. The van der Waals surface area contributed by atoms with Crippen molar-refractivity contribution in [2.45, 2.75) is 25.7 Å². The number of nitrogen functional groups attached to an aromatic ring is 1. The maximum absolute atomic E-state index is 13.3. The third-order valence-electron chi connectivity index (χ3n) is 2.97. The normalized spacial score (nSPS) is 11.6. The van der Waals surface area contributed by atoms with Crippen LogP contribution in [0.4, 0.5) is 16.0 Å². The number of hydrogen-bond donors (Lipinski definition) is 2. The zero-order valence-electron chi connectivity index (χ0n) is 11.2. The number of halogens is 1. The van der Waals surface area contributed by atoms with Crippen molar-refractivity contribution >= 4 is 21.6 Å². The van der Waals surface area contributed by atoms with Gasteiger partial charge in [0.15, 0.2) is 0 Å². The second kappa shape index (κ2) is 4.78. The predicted octanol–water partition coefficient (Wildman–Crippen LogP) is 2.12. The van der Waals surface area contributed by atoms with E-state index < -0.39 is 15.8 Å². The van der Waals surface area contributed by atoms with E-state index in [1.54, 1.807) is 13.8 Å². The molecule has 1 aromatic heterocycles. The quantitative estimate of drug-likeness (QED) is 0.846. The molecule has 0 atom stereocenters. The SMILES string of the molecule is Cc1cc(F)c(N)cc1S(=O)(=O)Nc1onc(C)c1C. The highest BCUT2D eigenvalue weighted by Crippen LogP contribution is 2.25. The molecule has 0 aliphatic rings. The summed E-state index contributed by atoms with van der Waals surface area (Å²) in [4.78, 5) is -0.107. The monoisotopic (exact) mass is 299 g/mol. The zero-order chi connectivity index (χ0) is 15.1. The van der Waals surface area contributed by atoms with Crippen molar-refractivity contribution in [3.8, 4) is 0 Å². The van der Waals surface area contributed by atoms with Gasteiger partial charge < -0.3 is 10.3 Å². The molecule has 20 heavy (non-hydrogen) atoms. The summed E-state index contributed by atoms with van der Waals surface area (Å²) in [5.74, 6) is -0.627. The molecule has 0 fully saturated rings. The average molecular weight is 299 g/mol. The lowest BCUT2D eigenvalue weighted by Crippen LogP contribution is -2.15. The summed E-state index contributed by atoms with van der Waals surface area (Å²) < 4.78 is 45.0. The zero-order valence-corrected chi connectivity index (χ0v) is 12.0. The third-order valence-corrected chi connectivity index (χ3v) is 4.44. The van der Waals surface area contributed by atoms with E-state index in [-0.39, 0.29) is 22.0 Å². The second-order valence-electron chi connectivity index (χ2n) is 4.47. The minimum absolute atomic E-state index is 0.0322. The van der Waals surface area contributed by atoms with Crippen molar-refractivity contribution < 1.29 is 17.3 Å². The van der Waals surface area contributed by atoms with Crippen molar-refractivity contribution in [1.82, 2.24) is 5.16 Å². The maximum atomic E-state index is 13.3. The highest BCUT2D eigenvalue weighted by Gasteiger charge is 2.22. The van der Waals surface area contributed by atoms with Gasteiger partial charge in [0.05, 0.1) is 16.3 Å². The van der Waals surface area contributed by atoms with Gasteiger partial charge in [-0.25, -0.2) is 17.5 Å². The van der Waals surface area contributed by atoms with E-state index in [1.165, 1.54) is 6.92 Å². The van der Waals surface area contributed by atoms with Crippen LogP contribution < -0.4 is 10.5 Å². The van der Waals surface area contributed by atoms with E-state index in [1.807, 2.05) is 0 Å². The van der Waals surface area contributed by atoms with Gasteiger partial charge in [0.25, 0.3) is 10.0 Å². The van der Waals surface area contributed by atoms with Crippen molar-refractivity contribution in [2.24, 2.45) is 0 Å². The second-order valence-corrected chi connectivity index (χ2v) is 6.12. The molecule has 1 heterocycles. The predicted molar refractivity (Wildman–Crippen MR) is 72.3 cm³/mol. The number of nitrogens with two attached hydrogens (primary N) is 1. The van der Waals surface area contributed by atoms with E-state index in [0.717, 1.165) is 12.1 Å². The Bertz CT molecular complexity index is 768. The lowest BCUT2D eigenvalue weighted by molar-refractivity contribution is 0.430. The molecule has 8 heteroatoms. The summed E-state index contributed by atoms with van der Waals surface area (Å²) in [6.45, 7) is 4.85. The third kappa shape index (κ3) is 2.46. The molecular formula is C12H14FN3O3S. The lowest BCUT2D eigenvalue weighted by atomic mass is 10.2. The smallest absolute Gasteiger partial charge is 0.264 e. The average Bonchev–Trinajstić information content (AvgIpc) is 2.65. The Labute approximate surface area is 115 Å². The van der Waals surface area contributed by atoms with Gasteiger partial charge >= 0.3 is 0 Å². The van der Waals surface area contributed by atoms with E-state index in [2.05, 4.69) is 9.88 Å². The summed E-state index contributed by atoms with van der Waals surface area (Å²) in [5, 5.41) is 3.66. The topological polar surface area (TPSA) is 98.2 Å². The van der Waals surface area contributed by atoms with E-state index in [4.69, 9.17) is 10.3 Å². The van der Waals surface area contributed by atoms with Gasteiger partial charge in [-0.2, -0.15) is 0 Å². The summed E-state index contributed by atoms with van der Waals surface area (Å²) in [7, 11) is -3.92. The summed E-state index contributed by atoms with van der Waals surface area (Å²) in [5.41, 5.74) is 6.59. The molecule has 6 nitrogen and oxygen atoms in total. The summed E-state index contributed by atoms with van der Waals surface area (Å²) in [6, 6.07) is 2.15. The molecule has 0 aliphatic heterocycles. The molecular weight excluding hydrogens is 285 g/mol. The van der Waals surface area contributed by atoms with Gasteiger partial charge in [0.2, 0.25) is 5.88 Å². The van der Waals surface area contributed by atoms with Crippen LogP contribution in [0.1, 0.15) is 16.8 Å². The molecule has 0 saturated carbocycles. The van der Waals surface area contributed by atoms with Crippen LogP contribution in [0.25, 0.3) is 0 Å². The Hall–Kier alpha value is -2.09. The number of aromatic nitrogens is 1. The Morgan fingerprint density at radius 2 is 1.95 bits per heavy atom. The maximum Gasteiger partial charge on any atom is 0.264 e. The molecule has 108 valence electrons. The van der Waals surface area contributed by atoms with Gasteiger partial charge in [-0.15, -0.1) is 0 Å². The highest BCUT2D eigenvalue weighted by molar-refractivity contribution is 7.92. The number of anilines is 2. The van der Waals surface area contributed by atoms with Gasteiger partial charge in [-0.1, -0.05) is 5.16 Å². The van der Waals surface area contributed by atoms with Crippen molar-refractivity contribution in [1.29, 1.82) is 0 Å². The first-order chi connectivity index (χ1) is 9.22. The molecule has 0 aliphatic carbocycles. The Morgan fingerprint density at radius 3 is 2.50 bits per heavy atom. The molecule has 0 radical (unpaired) electrons. The molecule has 0 bridgehead atoms. The first-order valence-corrected chi connectivity index (χ1v) is 7.22. The first-order valence-electron chi connectivity index (χ1n) is 5.73. The number of nitrogens with one attached hydrogen (secondary N) is 1. The van der Waals surface area contributed by atoms with E-state index in [0.29, 0.717) is 11.3 Å². The number of aryl methyl sites for hydroxylation is 2. The van der Waals surface area contributed by atoms with Crippen LogP contribution in [0.15, 0.2) is 21.6 Å². The number of benzene rings is 1. The standard InChI is InChI=1S/C12H14FN3O3S/c1-6-4-9(13)10(14)5-11(6)20(17,18)16-12-7(2)8(3)15-19-12/h4-5,16H,14H2,1-3H3. The van der Waals surface area contributed by atoms with Crippen LogP contribution in [-0.4, -0.2) is 13.6 Å². The molecule has 3 N–H and O–H groups in total. The van der Waals surface area contributed by atoms with Gasteiger partial charge in [0.1, 0.15) is 5.82 Å². The summed E-state index contributed by atoms with van der Waals surface area (Å²) in [6.07, 6.45) is 0. The molecule has 0 spiro atoms. The number of hydrogen-bond acceptors (Lipinski definition) is 5. The van der Waals surface area contributed by atoms with Crippen LogP contribution in [-0.2, 0) is 10.0 Å². The van der Waals surface area contributed by atoms with Crippen LogP contribution in [0.2, 0.25) is 0 Å². The largest absolute Gasteiger partial charge is 0.396 e. The van der Waals surface area contributed by atoms with Crippen molar-refractivity contribution in [3.05, 3.63) is 34.8 Å². The van der Waals surface area contributed by atoms with Crippen molar-refractivity contribution in [2.75, 3.05) is 10.5 Å². The van der Waals surface area contributed by atoms with Crippen LogP contribution in [0, 0.1) is 26.6 Å². The molecule has 2 aromatic rings.